The minimum Gasteiger partial charge on any atom is -0.0622 e. The minimum absolute atomic E-state index is 1.22. The van der Waals surface area contributed by atoms with Crippen LogP contribution in [-0.2, 0) is 0 Å². The van der Waals surface area contributed by atoms with E-state index in [1.807, 2.05) is 0 Å². The number of hydrogen-bond acceptors (Lipinski definition) is 0. The monoisotopic (exact) mass is 632 g/mol. The summed E-state index contributed by atoms with van der Waals surface area (Å²) in [6.45, 7) is 0. The van der Waals surface area contributed by atoms with Crippen LogP contribution in [0.5, 0.6) is 0 Å². The van der Waals surface area contributed by atoms with Gasteiger partial charge in [-0.3, -0.25) is 0 Å². The number of fused-ring (bicyclic) bond motifs is 6. The van der Waals surface area contributed by atoms with E-state index in [0.29, 0.717) is 0 Å². The van der Waals surface area contributed by atoms with Crippen LogP contribution in [0.4, 0.5) is 0 Å². The molecule has 0 N–H and O–H groups in total. The molecule has 0 atom stereocenters. The normalized spacial score (nSPS) is 11.6. The van der Waals surface area contributed by atoms with Crippen molar-refractivity contribution in [2.45, 2.75) is 0 Å². The molecule has 0 saturated heterocycles. The molecule has 0 nitrogen and oxygen atoms in total. The van der Waals surface area contributed by atoms with E-state index in [-0.39, 0.29) is 0 Å². The molecule has 0 saturated carbocycles. The summed E-state index contributed by atoms with van der Waals surface area (Å²) in [6.07, 6.45) is 0. The van der Waals surface area contributed by atoms with Crippen molar-refractivity contribution in [1.82, 2.24) is 0 Å². The zero-order chi connectivity index (χ0) is 33.0. The van der Waals surface area contributed by atoms with Crippen molar-refractivity contribution in [3.05, 3.63) is 194 Å². The smallest absolute Gasteiger partial charge is 0.00199 e. The van der Waals surface area contributed by atoms with Gasteiger partial charge < -0.3 is 0 Å². The second-order valence-electron chi connectivity index (χ2n) is 13.3. The van der Waals surface area contributed by atoms with Crippen molar-refractivity contribution in [1.29, 1.82) is 0 Å². The Labute approximate surface area is 291 Å². The Kier molecular flexibility index (Phi) is 6.60. The van der Waals surface area contributed by atoms with E-state index >= 15 is 0 Å². The molecule has 0 radical (unpaired) electrons. The van der Waals surface area contributed by atoms with Gasteiger partial charge in [0.2, 0.25) is 0 Å². The van der Waals surface area contributed by atoms with Crippen LogP contribution in [0.25, 0.3) is 98.4 Å². The van der Waals surface area contributed by atoms with Gasteiger partial charge in [-0.1, -0.05) is 176 Å². The maximum atomic E-state index is 2.42. The van der Waals surface area contributed by atoms with Crippen LogP contribution in [0, 0.1) is 0 Å². The highest BCUT2D eigenvalue weighted by Gasteiger charge is 2.19. The Morgan fingerprint density at radius 3 is 1.46 bits per heavy atom. The lowest BCUT2D eigenvalue weighted by Gasteiger charge is -2.20. The summed E-state index contributed by atoms with van der Waals surface area (Å²) in [5.74, 6) is 0. The first-order chi connectivity index (χ1) is 24.8. The molecule has 10 rings (SSSR count). The fourth-order valence-electron chi connectivity index (χ4n) is 8.05. The molecule has 232 valence electrons. The summed E-state index contributed by atoms with van der Waals surface area (Å²) in [6, 6.07) is 71.4. The summed E-state index contributed by atoms with van der Waals surface area (Å²) in [5.41, 5.74) is 9.93. The highest BCUT2D eigenvalue weighted by molar-refractivity contribution is 6.25. The van der Waals surface area contributed by atoms with Crippen LogP contribution in [0.1, 0.15) is 0 Å². The molecule has 0 fully saturated rings. The molecule has 0 aliphatic carbocycles. The Bertz CT molecular complexity index is 2880. The van der Waals surface area contributed by atoms with Gasteiger partial charge in [0.1, 0.15) is 0 Å². The number of benzene rings is 10. The molecular weight excluding hydrogens is 601 g/mol. The standard InChI is InChI=1S/C50H32/c1-3-12-33(13-4-1)35-22-24-36(25-23-35)49-44-18-9-10-19-45(44)50(48-32-39(26-29-46(48)49)34-14-5-2-6-15-34)43-21-11-20-41-42(43)28-27-40-30-37-16-7-8-17-38(37)31-47(40)41/h1-32H. The first-order valence-electron chi connectivity index (χ1n) is 17.3. The molecule has 0 heterocycles. The van der Waals surface area contributed by atoms with E-state index in [2.05, 4.69) is 194 Å². The van der Waals surface area contributed by atoms with Crippen LogP contribution in [-0.4, -0.2) is 0 Å². The van der Waals surface area contributed by atoms with Crippen molar-refractivity contribution in [2.75, 3.05) is 0 Å². The average Bonchev–Trinajstić information content (AvgIpc) is 3.19. The minimum atomic E-state index is 1.22. The van der Waals surface area contributed by atoms with Gasteiger partial charge in [0.15, 0.2) is 0 Å². The van der Waals surface area contributed by atoms with E-state index in [0.717, 1.165) is 0 Å². The van der Waals surface area contributed by atoms with Gasteiger partial charge in [0, 0.05) is 0 Å². The predicted molar refractivity (Wildman–Crippen MR) is 216 cm³/mol. The van der Waals surface area contributed by atoms with E-state index < -0.39 is 0 Å². The lowest BCUT2D eigenvalue weighted by atomic mass is 9.83. The summed E-state index contributed by atoms with van der Waals surface area (Å²) in [5, 5.41) is 12.7. The van der Waals surface area contributed by atoms with Gasteiger partial charge in [-0.2, -0.15) is 0 Å². The Balaban J connectivity index is 1.29. The molecule has 0 aliphatic rings. The summed E-state index contributed by atoms with van der Waals surface area (Å²) < 4.78 is 0. The lowest BCUT2D eigenvalue weighted by molar-refractivity contribution is 1.61. The molecule has 10 aromatic rings. The second-order valence-corrected chi connectivity index (χ2v) is 13.3. The molecule has 0 heteroatoms. The van der Waals surface area contributed by atoms with Crippen molar-refractivity contribution in [3.8, 4) is 44.5 Å². The maximum absolute atomic E-state index is 2.42. The Morgan fingerprint density at radius 2 is 0.720 bits per heavy atom. The van der Waals surface area contributed by atoms with E-state index in [1.165, 1.54) is 98.4 Å². The highest BCUT2D eigenvalue weighted by Crippen LogP contribution is 2.47. The Hall–Kier alpha value is -6.50. The van der Waals surface area contributed by atoms with Crippen LogP contribution in [0.2, 0.25) is 0 Å². The molecule has 0 unspecified atom stereocenters. The average molecular weight is 633 g/mol. The number of rotatable bonds is 4. The van der Waals surface area contributed by atoms with E-state index in [1.54, 1.807) is 0 Å². The maximum Gasteiger partial charge on any atom is -0.00199 e. The summed E-state index contributed by atoms with van der Waals surface area (Å²) in [7, 11) is 0. The van der Waals surface area contributed by atoms with Crippen molar-refractivity contribution in [2.24, 2.45) is 0 Å². The van der Waals surface area contributed by atoms with Gasteiger partial charge in [-0.25, -0.2) is 0 Å². The molecule has 50 heavy (non-hydrogen) atoms. The molecule has 0 bridgehead atoms. The van der Waals surface area contributed by atoms with Crippen molar-refractivity contribution in [3.63, 3.8) is 0 Å². The lowest BCUT2D eigenvalue weighted by Crippen LogP contribution is -1.93. The van der Waals surface area contributed by atoms with Crippen LogP contribution in [0.15, 0.2) is 194 Å². The molecule has 10 aromatic carbocycles. The zero-order valence-electron chi connectivity index (χ0n) is 27.5. The summed E-state index contributed by atoms with van der Waals surface area (Å²) >= 11 is 0. The molecule has 0 amide bonds. The summed E-state index contributed by atoms with van der Waals surface area (Å²) in [4.78, 5) is 0. The first-order valence-corrected chi connectivity index (χ1v) is 17.3. The zero-order valence-corrected chi connectivity index (χ0v) is 27.5. The van der Waals surface area contributed by atoms with Crippen LogP contribution < -0.4 is 0 Å². The number of hydrogen-bond donors (Lipinski definition) is 0. The van der Waals surface area contributed by atoms with Gasteiger partial charge in [-0.15, -0.1) is 0 Å². The quantitative estimate of drug-likeness (QED) is 0.134. The van der Waals surface area contributed by atoms with Gasteiger partial charge in [-0.05, 0) is 117 Å². The van der Waals surface area contributed by atoms with Gasteiger partial charge >= 0.3 is 0 Å². The van der Waals surface area contributed by atoms with Gasteiger partial charge in [0.05, 0.1) is 0 Å². The van der Waals surface area contributed by atoms with Crippen LogP contribution >= 0.6 is 0 Å². The van der Waals surface area contributed by atoms with Gasteiger partial charge in [0.25, 0.3) is 0 Å². The topological polar surface area (TPSA) is 0 Å². The Morgan fingerprint density at radius 1 is 0.200 bits per heavy atom. The highest BCUT2D eigenvalue weighted by atomic mass is 14.2. The third-order valence-electron chi connectivity index (χ3n) is 10.4. The van der Waals surface area contributed by atoms with Crippen LogP contribution in [0.3, 0.4) is 0 Å². The third-order valence-corrected chi connectivity index (χ3v) is 10.4. The third kappa shape index (κ3) is 4.61. The first kappa shape index (κ1) is 28.5. The van der Waals surface area contributed by atoms with Crippen molar-refractivity contribution >= 4 is 53.9 Å². The fraction of sp³-hybridized carbons (Fsp3) is 0. The molecular formula is C50H32. The fourth-order valence-corrected chi connectivity index (χ4v) is 8.05. The molecule has 0 spiro atoms. The SMILES string of the molecule is c1ccc(-c2ccc(-c3c4ccccc4c(-c4cccc5c4ccc4cc6ccccc6cc45)c4cc(-c5ccccc5)ccc34)cc2)cc1. The largest absolute Gasteiger partial charge is 0.0622 e. The van der Waals surface area contributed by atoms with E-state index in [9.17, 15) is 0 Å². The molecule has 0 aromatic heterocycles. The van der Waals surface area contributed by atoms with E-state index in [4.69, 9.17) is 0 Å². The predicted octanol–water partition coefficient (Wildman–Crippen LogP) is 14.1. The second kappa shape index (κ2) is 11.6. The van der Waals surface area contributed by atoms with Crippen molar-refractivity contribution < 1.29 is 0 Å². The molecule has 0 aliphatic heterocycles.